The number of anilines is 2. The SMILES string of the molecule is COC(=O)c1ccc(C2CC2)c(S(=O)(=O)Nc2cc(C#N)ccc2N2CCCCC2)c1. The van der Waals surface area contributed by atoms with E-state index < -0.39 is 16.0 Å². The van der Waals surface area contributed by atoms with Crippen LogP contribution in [0.25, 0.3) is 0 Å². The summed E-state index contributed by atoms with van der Waals surface area (Å²) >= 11 is 0. The molecule has 1 aliphatic heterocycles. The van der Waals surface area contributed by atoms with Crippen LogP contribution in [0.5, 0.6) is 0 Å². The van der Waals surface area contributed by atoms with Crippen molar-refractivity contribution in [2.75, 3.05) is 29.8 Å². The van der Waals surface area contributed by atoms with E-state index in [9.17, 15) is 18.5 Å². The zero-order chi connectivity index (χ0) is 22.0. The second-order valence-corrected chi connectivity index (χ2v) is 9.67. The number of carbonyl (C=O) groups is 1. The molecule has 2 aliphatic rings. The van der Waals surface area contributed by atoms with Crippen LogP contribution in [-0.4, -0.2) is 34.6 Å². The zero-order valence-electron chi connectivity index (χ0n) is 17.4. The quantitative estimate of drug-likeness (QED) is 0.683. The predicted octanol–water partition coefficient (Wildman–Crippen LogP) is 4.01. The van der Waals surface area contributed by atoms with Gasteiger partial charge in [0, 0.05) is 13.1 Å². The van der Waals surface area contributed by atoms with Crippen LogP contribution in [0.3, 0.4) is 0 Å². The minimum absolute atomic E-state index is 0.0878. The molecule has 2 aromatic carbocycles. The van der Waals surface area contributed by atoms with Gasteiger partial charge >= 0.3 is 5.97 Å². The van der Waals surface area contributed by atoms with E-state index in [0.29, 0.717) is 16.8 Å². The van der Waals surface area contributed by atoms with E-state index >= 15 is 0 Å². The van der Waals surface area contributed by atoms with Crippen LogP contribution in [0.4, 0.5) is 11.4 Å². The van der Waals surface area contributed by atoms with E-state index in [0.717, 1.165) is 50.9 Å². The first-order chi connectivity index (χ1) is 14.9. The molecule has 162 valence electrons. The standard InChI is InChI=1S/C23H25N3O4S/c1-30-23(27)18-8-9-19(17-6-7-17)22(14-18)31(28,29)25-20-13-16(15-24)5-10-21(20)26-11-3-2-4-12-26/h5,8-10,13-14,17,25H,2-4,6-7,11-12H2,1H3. The molecule has 2 aromatic rings. The Balaban J connectivity index is 1.75. The number of rotatable bonds is 6. The fourth-order valence-electron chi connectivity index (χ4n) is 4.04. The molecule has 0 bridgehead atoms. The van der Waals surface area contributed by atoms with Gasteiger partial charge in [0.15, 0.2) is 0 Å². The summed E-state index contributed by atoms with van der Waals surface area (Å²) in [5.41, 5.74) is 2.42. The highest BCUT2D eigenvalue weighted by atomic mass is 32.2. The average molecular weight is 440 g/mol. The summed E-state index contributed by atoms with van der Waals surface area (Å²) in [6.45, 7) is 1.68. The lowest BCUT2D eigenvalue weighted by Gasteiger charge is -2.30. The summed E-state index contributed by atoms with van der Waals surface area (Å²) in [5.74, 6) is -0.412. The number of ether oxygens (including phenoxy) is 1. The van der Waals surface area contributed by atoms with Crippen molar-refractivity contribution in [3.05, 3.63) is 53.1 Å². The van der Waals surface area contributed by atoms with E-state index in [2.05, 4.69) is 15.7 Å². The molecule has 31 heavy (non-hydrogen) atoms. The fraction of sp³-hybridized carbons (Fsp3) is 0.391. The van der Waals surface area contributed by atoms with Gasteiger partial charge in [-0.25, -0.2) is 13.2 Å². The molecule has 0 spiro atoms. The first-order valence-corrected chi connectivity index (χ1v) is 12.0. The van der Waals surface area contributed by atoms with E-state index in [4.69, 9.17) is 4.74 Å². The Bertz CT molecular complexity index is 1140. The number of nitrogens with zero attached hydrogens (tertiary/aromatic N) is 2. The predicted molar refractivity (Wildman–Crippen MR) is 118 cm³/mol. The van der Waals surface area contributed by atoms with Crippen molar-refractivity contribution in [1.29, 1.82) is 5.26 Å². The molecule has 1 saturated carbocycles. The summed E-state index contributed by atoms with van der Waals surface area (Å²) < 4.78 is 34.5. The average Bonchev–Trinajstić information content (AvgIpc) is 3.64. The molecule has 4 rings (SSSR count). The topological polar surface area (TPSA) is 99.5 Å². The van der Waals surface area contributed by atoms with Crippen LogP contribution < -0.4 is 9.62 Å². The molecule has 0 unspecified atom stereocenters. The summed E-state index contributed by atoms with van der Waals surface area (Å²) in [6.07, 6.45) is 5.07. The third kappa shape index (κ3) is 4.52. The van der Waals surface area contributed by atoms with Crippen molar-refractivity contribution in [2.24, 2.45) is 0 Å². The molecule has 1 saturated heterocycles. The number of carbonyl (C=O) groups excluding carboxylic acids is 1. The van der Waals surface area contributed by atoms with Gasteiger partial charge in [-0.15, -0.1) is 0 Å². The van der Waals surface area contributed by atoms with E-state index in [1.807, 2.05) is 0 Å². The second kappa shape index (κ2) is 8.60. The summed E-state index contributed by atoms with van der Waals surface area (Å²) in [4.78, 5) is 14.2. The van der Waals surface area contributed by atoms with E-state index in [1.54, 1.807) is 30.3 Å². The van der Waals surface area contributed by atoms with Crippen LogP contribution in [0.2, 0.25) is 0 Å². The Morgan fingerprint density at radius 1 is 1.13 bits per heavy atom. The number of nitrogens with one attached hydrogen (secondary N) is 1. The monoisotopic (exact) mass is 439 g/mol. The molecule has 0 aromatic heterocycles. The number of hydrogen-bond acceptors (Lipinski definition) is 6. The Labute approximate surface area is 182 Å². The highest BCUT2D eigenvalue weighted by Crippen LogP contribution is 2.43. The molecule has 0 atom stereocenters. The lowest BCUT2D eigenvalue weighted by atomic mass is 10.1. The maximum absolute atomic E-state index is 13.5. The van der Waals surface area contributed by atoms with Crippen molar-refractivity contribution >= 4 is 27.4 Å². The number of nitriles is 1. The summed E-state index contributed by atoms with van der Waals surface area (Å²) in [7, 11) is -2.73. The van der Waals surface area contributed by atoms with Gasteiger partial charge in [-0.1, -0.05) is 6.07 Å². The molecule has 2 fully saturated rings. The third-order valence-corrected chi connectivity index (χ3v) is 7.23. The lowest BCUT2D eigenvalue weighted by molar-refractivity contribution is 0.0600. The number of esters is 1. The van der Waals surface area contributed by atoms with E-state index in [-0.39, 0.29) is 16.4 Å². The van der Waals surface area contributed by atoms with Gasteiger partial charge in [0.05, 0.1) is 40.6 Å². The summed E-state index contributed by atoms with van der Waals surface area (Å²) in [5, 5.41) is 9.34. The van der Waals surface area contributed by atoms with Crippen LogP contribution in [0, 0.1) is 11.3 Å². The van der Waals surface area contributed by atoms with Gasteiger partial charge in [0.2, 0.25) is 0 Å². The number of methoxy groups -OCH3 is 1. The molecule has 0 amide bonds. The van der Waals surface area contributed by atoms with Crippen molar-refractivity contribution in [3.63, 3.8) is 0 Å². The van der Waals surface area contributed by atoms with Crippen LogP contribution in [0.15, 0.2) is 41.3 Å². The van der Waals surface area contributed by atoms with Crippen molar-refractivity contribution in [2.45, 2.75) is 42.9 Å². The first kappa shape index (κ1) is 21.2. The Kier molecular flexibility index (Phi) is 5.88. The Morgan fingerprint density at radius 2 is 1.87 bits per heavy atom. The zero-order valence-corrected chi connectivity index (χ0v) is 18.2. The van der Waals surface area contributed by atoms with Crippen molar-refractivity contribution in [1.82, 2.24) is 0 Å². The number of hydrogen-bond donors (Lipinski definition) is 1. The van der Waals surface area contributed by atoms with Crippen molar-refractivity contribution < 1.29 is 17.9 Å². The molecular weight excluding hydrogens is 414 g/mol. The fourth-order valence-corrected chi connectivity index (χ4v) is 5.43. The maximum atomic E-state index is 13.5. The van der Waals surface area contributed by atoms with Crippen LogP contribution in [0.1, 0.15) is 59.5 Å². The largest absolute Gasteiger partial charge is 0.465 e. The van der Waals surface area contributed by atoms with Gasteiger partial charge in [0.1, 0.15) is 0 Å². The Morgan fingerprint density at radius 3 is 2.52 bits per heavy atom. The minimum Gasteiger partial charge on any atom is -0.465 e. The van der Waals surface area contributed by atoms with E-state index in [1.165, 1.54) is 13.2 Å². The van der Waals surface area contributed by atoms with Gasteiger partial charge < -0.3 is 9.64 Å². The minimum atomic E-state index is -3.99. The molecule has 1 heterocycles. The third-order valence-electron chi connectivity index (χ3n) is 5.81. The molecule has 1 N–H and O–H groups in total. The highest BCUT2D eigenvalue weighted by molar-refractivity contribution is 7.92. The molecule has 8 heteroatoms. The lowest BCUT2D eigenvalue weighted by Crippen LogP contribution is -2.30. The molecular formula is C23H25N3O4S. The van der Waals surface area contributed by atoms with Crippen LogP contribution >= 0.6 is 0 Å². The highest BCUT2D eigenvalue weighted by Gasteiger charge is 2.32. The van der Waals surface area contributed by atoms with Gasteiger partial charge in [-0.3, -0.25) is 4.72 Å². The number of sulfonamides is 1. The Hall–Kier alpha value is -3.05. The van der Waals surface area contributed by atoms with Crippen molar-refractivity contribution in [3.8, 4) is 6.07 Å². The molecule has 0 radical (unpaired) electrons. The second-order valence-electron chi connectivity index (χ2n) is 8.02. The maximum Gasteiger partial charge on any atom is 0.337 e. The molecule has 7 nitrogen and oxygen atoms in total. The summed E-state index contributed by atoms with van der Waals surface area (Å²) in [6, 6.07) is 11.8. The number of piperidine rings is 1. The number of benzene rings is 2. The van der Waals surface area contributed by atoms with Gasteiger partial charge in [-0.05, 0) is 73.9 Å². The normalized spacial score (nSPS) is 16.5. The molecule has 1 aliphatic carbocycles. The van der Waals surface area contributed by atoms with Gasteiger partial charge in [0.25, 0.3) is 10.0 Å². The van der Waals surface area contributed by atoms with Crippen LogP contribution in [-0.2, 0) is 14.8 Å². The van der Waals surface area contributed by atoms with Gasteiger partial charge in [-0.2, -0.15) is 5.26 Å². The smallest absolute Gasteiger partial charge is 0.337 e. The first-order valence-electron chi connectivity index (χ1n) is 10.5.